The zero-order valence-electron chi connectivity index (χ0n) is 13.8. The van der Waals surface area contributed by atoms with Crippen LogP contribution in [0.25, 0.3) is 0 Å². The Morgan fingerprint density at radius 1 is 1.21 bits per heavy atom. The molecular formula is C18H23FN4O. The lowest BCUT2D eigenvalue weighted by Crippen LogP contribution is -2.43. The molecule has 0 aliphatic heterocycles. The highest BCUT2D eigenvalue weighted by molar-refractivity contribution is 5.74. The summed E-state index contributed by atoms with van der Waals surface area (Å²) in [6.45, 7) is 0.466. The van der Waals surface area contributed by atoms with Crippen LogP contribution in [0.4, 0.5) is 9.18 Å². The van der Waals surface area contributed by atoms with Gasteiger partial charge in [-0.3, -0.25) is 4.68 Å². The third-order valence-electron chi connectivity index (χ3n) is 4.76. The fraction of sp³-hybridized carbons (Fsp3) is 0.444. The van der Waals surface area contributed by atoms with Crippen LogP contribution in [0, 0.1) is 5.82 Å². The summed E-state index contributed by atoms with van der Waals surface area (Å²) in [4.78, 5) is 12.0. The van der Waals surface area contributed by atoms with Crippen molar-refractivity contribution in [1.29, 1.82) is 0 Å². The van der Waals surface area contributed by atoms with Gasteiger partial charge in [-0.2, -0.15) is 5.10 Å². The fourth-order valence-corrected chi connectivity index (χ4v) is 3.29. The van der Waals surface area contributed by atoms with E-state index in [1.165, 1.54) is 17.7 Å². The van der Waals surface area contributed by atoms with Crippen molar-refractivity contribution in [3.8, 4) is 0 Å². The smallest absolute Gasteiger partial charge is 0.315 e. The van der Waals surface area contributed by atoms with Crippen LogP contribution in [-0.2, 0) is 13.6 Å². The first-order valence-corrected chi connectivity index (χ1v) is 8.38. The number of nitrogens with one attached hydrogen (secondary N) is 2. The maximum absolute atomic E-state index is 13.0. The van der Waals surface area contributed by atoms with Gasteiger partial charge in [0.2, 0.25) is 0 Å². The quantitative estimate of drug-likeness (QED) is 0.905. The Hall–Kier alpha value is -2.37. The van der Waals surface area contributed by atoms with E-state index in [-0.39, 0.29) is 17.9 Å². The second-order valence-electron chi connectivity index (χ2n) is 6.37. The molecule has 0 spiro atoms. The van der Waals surface area contributed by atoms with Crippen LogP contribution in [0.5, 0.6) is 0 Å². The van der Waals surface area contributed by atoms with Crippen LogP contribution in [-0.4, -0.2) is 21.9 Å². The Labute approximate surface area is 141 Å². The molecule has 1 aromatic carbocycles. The van der Waals surface area contributed by atoms with Gasteiger partial charge in [-0.25, -0.2) is 9.18 Å². The van der Waals surface area contributed by atoms with Crippen molar-refractivity contribution in [2.45, 2.75) is 44.2 Å². The Morgan fingerprint density at radius 3 is 2.54 bits per heavy atom. The standard InChI is InChI=1S/C18H23FN4O/c1-23-17(10-11-21-23)12-20-18(24)22-16-8-4-14(5-9-16)13-2-6-15(19)7-3-13/h2-3,6-7,10-11,14,16H,4-5,8-9,12H2,1H3,(H2,20,22,24). The Kier molecular flexibility index (Phi) is 5.13. The topological polar surface area (TPSA) is 59.0 Å². The third-order valence-corrected chi connectivity index (χ3v) is 4.76. The van der Waals surface area contributed by atoms with Gasteiger partial charge < -0.3 is 10.6 Å². The molecule has 128 valence electrons. The molecule has 0 unspecified atom stereocenters. The minimum Gasteiger partial charge on any atom is -0.335 e. The number of hydrogen-bond acceptors (Lipinski definition) is 2. The summed E-state index contributed by atoms with van der Waals surface area (Å²) >= 11 is 0. The van der Waals surface area contributed by atoms with E-state index in [9.17, 15) is 9.18 Å². The number of rotatable bonds is 4. The fourth-order valence-electron chi connectivity index (χ4n) is 3.29. The number of hydrogen-bond donors (Lipinski definition) is 2. The highest BCUT2D eigenvalue weighted by Crippen LogP contribution is 2.32. The van der Waals surface area contributed by atoms with E-state index >= 15 is 0 Å². The normalized spacial score (nSPS) is 20.6. The molecule has 3 rings (SSSR count). The molecule has 0 atom stereocenters. The van der Waals surface area contributed by atoms with Gasteiger partial charge >= 0.3 is 6.03 Å². The van der Waals surface area contributed by atoms with E-state index in [1.807, 2.05) is 25.2 Å². The summed E-state index contributed by atoms with van der Waals surface area (Å²) in [5.74, 6) is 0.264. The SMILES string of the molecule is Cn1nccc1CNC(=O)NC1CCC(c2ccc(F)cc2)CC1. The van der Waals surface area contributed by atoms with E-state index in [4.69, 9.17) is 0 Å². The van der Waals surface area contributed by atoms with Gasteiger partial charge in [-0.15, -0.1) is 0 Å². The summed E-state index contributed by atoms with van der Waals surface area (Å²) in [7, 11) is 1.85. The molecule has 0 saturated heterocycles. The van der Waals surface area contributed by atoms with Crippen LogP contribution in [0.3, 0.4) is 0 Å². The molecular weight excluding hydrogens is 307 g/mol. The first kappa shape index (κ1) is 16.5. The number of carbonyl (C=O) groups is 1. The predicted octanol–water partition coefficient (Wildman–Crippen LogP) is 3.08. The minimum atomic E-state index is -0.195. The van der Waals surface area contributed by atoms with Crippen LogP contribution in [0.2, 0.25) is 0 Å². The molecule has 1 aliphatic rings. The van der Waals surface area contributed by atoms with Crippen LogP contribution in [0.1, 0.15) is 42.9 Å². The van der Waals surface area contributed by atoms with E-state index in [2.05, 4.69) is 15.7 Å². The molecule has 2 amide bonds. The van der Waals surface area contributed by atoms with Gasteiger partial charge in [0.25, 0.3) is 0 Å². The van der Waals surface area contributed by atoms with Crippen molar-refractivity contribution in [3.63, 3.8) is 0 Å². The maximum atomic E-state index is 13.0. The van der Waals surface area contributed by atoms with Crippen molar-refractivity contribution in [3.05, 3.63) is 53.6 Å². The van der Waals surface area contributed by atoms with Gasteiger partial charge in [0.15, 0.2) is 0 Å². The second-order valence-corrected chi connectivity index (χ2v) is 6.37. The zero-order valence-corrected chi connectivity index (χ0v) is 13.8. The number of amides is 2. The highest BCUT2D eigenvalue weighted by atomic mass is 19.1. The van der Waals surface area contributed by atoms with E-state index in [0.717, 1.165) is 31.4 Å². The average molecular weight is 330 g/mol. The lowest BCUT2D eigenvalue weighted by molar-refractivity contribution is 0.230. The molecule has 1 aromatic heterocycles. The number of carbonyl (C=O) groups excluding carboxylic acids is 1. The number of urea groups is 1. The first-order chi connectivity index (χ1) is 11.6. The van der Waals surface area contributed by atoms with E-state index in [1.54, 1.807) is 10.9 Å². The van der Waals surface area contributed by atoms with Crippen molar-refractivity contribution >= 4 is 6.03 Å². The van der Waals surface area contributed by atoms with Gasteiger partial charge in [-0.1, -0.05) is 12.1 Å². The molecule has 0 bridgehead atoms. The molecule has 1 fully saturated rings. The summed E-state index contributed by atoms with van der Waals surface area (Å²) < 4.78 is 14.7. The predicted molar refractivity (Wildman–Crippen MR) is 90.0 cm³/mol. The summed E-state index contributed by atoms with van der Waals surface area (Å²) in [5.41, 5.74) is 2.15. The molecule has 5 nitrogen and oxygen atoms in total. The van der Waals surface area contributed by atoms with E-state index in [0.29, 0.717) is 12.5 Å². The van der Waals surface area contributed by atoms with Crippen molar-refractivity contribution in [2.24, 2.45) is 7.05 Å². The summed E-state index contributed by atoms with van der Waals surface area (Å²) in [6.07, 6.45) is 5.63. The molecule has 1 saturated carbocycles. The summed E-state index contributed by atoms with van der Waals surface area (Å²) in [5, 5.41) is 9.99. The molecule has 6 heteroatoms. The van der Waals surface area contributed by atoms with Gasteiger partial charge in [0, 0.05) is 19.3 Å². The van der Waals surface area contributed by atoms with Crippen LogP contribution in [0.15, 0.2) is 36.5 Å². The Morgan fingerprint density at radius 2 is 1.92 bits per heavy atom. The molecule has 2 N–H and O–H groups in total. The zero-order chi connectivity index (χ0) is 16.9. The Balaban J connectivity index is 1.42. The lowest BCUT2D eigenvalue weighted by atomic mass is 9.82. The molecule has 0 radical (unpaired) electrons. The van der Waals surface area contributed by atoms with Gasteiger partial charge in [0.1, 0.15) is 5.82 Å². The highest BCUT2D eigenvalue weighted by Gasteiger charge is 2.23. The van der Waals surface area contributed by atoms with Crippen molar-refractivity contribution in [1.82, 2.24) is 20.4 Å². The second kappa shape index (κ2) is 7.47. The third kappa shape index (κ3) is 4.13. The molecule has 24 heavy (non-hydrogen) atoms. The van der Waals surface area contributed by atoms with Crippen molar-refractivity contribution < 1.29 is 9.18 Å². The lowest BCUT2D eigenvalue weighted by Gasteiger charge is -2.29. The van der Waals surface area contributed by atoms with Crippen molar-refractivity contribution in [2.75, 3.05) is 0 Å². The Bertz CT molecular complexity index is 675. The number of nitrogens with zero attached hydrogens (tertiary/aromatic N) is 2. The number of aromatic nitrogens is 2. The van der Waals surface area contributed by atoms with Crippen LogP contribution >= 0.6 is 0 Å². The maximum Gasteiger partial charge on any atom is 0.315 e. The monoisotopic (exact) mass is 330 g/mol. The minimum absolute atomic E-state index is 0.138. The van der Waals surface area contributed by atoms with E-state index < -0.39 is 0 Å². The van der Waals surface area contributed by atoms with Gasteiger partial charge in [-0.05, 0) is 55.4 Å². The molecule has 1 heterocycles. The van der Waals surface area contributed by atoms with Crippen LogP contribution < -0.4 is 10.6 Å². The summed E-state index contributed by atoms with van der Waals surface area (Å²) in [6, 6.07) is 8.73. The largest absolute Gasteiger partial charge is 0.335 e. The number of benzene rings is 1. The molecule has 1 aliphatic carbocycles. The molecule has 2 aromatic rings. The number of aryl methyl sites for hydroxylation is 1. The first-order valence-electron chi connectivity index (χ1n) is 8.38. The van der Waals surface area contributed by atoms with Gasteiger partial charge in [0.05, 0.1) is 12.2 Å². The average Bonchev–Trinajstić information content (AvgIpc) is 3.00. The number of halogens is 1.